The minimum Gasteiger partial charge on any atom is -0.406 e. The zero-order valence-electron chi connectivity index (χ0n) is 11.9. The lowest BCUT2D eigenvalue weighted by atomic mass is 10.2. The van der Waals surface area contributed by atoms with Crippen molar-refractivity contribution in [2.45, 2.75) is 12.5 Å². The summed E-state index contributed by atoms with van der Waals surface area (Å²) < 4.78 is 77.2. The first kappa shape index (κ1) is 19.0. The van der Waals surface area contributed by atoms with Gasteiger partial charge in [-0.1, -0.05) is 0 Å². The second-order valence-corrected chi connectivity index (χ2v) is 5.43. The molecule has 0 atom stereocenters. The second kappa shape index (κ2) is 6.90. The smallest absolute Gasteiger partial charge is 0.406 e. The molecular weight excluding hydrogens is 422 g/mol. The van der Waals surface area contributed by atoms with E-state index in [1.807, 2.05) is 0 Å². The zero-order valence-corrected chi connectivity index (χ0v) is 13.5. The number of aromatic nitrogens is 1. The van der Waals surface area contributed by atoms with Gasteiger partial charge in [-0.25, -0.2) is 4.98 Å². The van der Waals surface area contributed by atoms with Crippen LogP contribution in [0.25, 0.3) is 0 Å². The first-order valence-electron chi connectivity index (χ1n) is 6.35. The van der Waals surface area contributed by atoms with Gasteiger partial charge >= 0.3 is 12.5 Å². The third-order valence-electron chi connectivity index (χ3n) is 2.72. The minimum absolute atomic E-state index is 0.121. The van der Waals surface area contributed by atoms with Crippen LogP contribution in [0.1, 0.15) is 16.1 Å². The average molecular weight is 429 g/mol. The molecule has 2 aromatic rings. The molecule has 1 aromatic heterocycles. The fourth-order valence-corrected chi connectivity index (χ4v) is 2.29. The molecule has 0 fully saturated rings. The van der Waals surface area contributed by atoms with Crippen molar-refractivity contribution in [3.05, 3.63) is 52.3 Å². The number of alkyl halides is 6. The van der Waals surface area contributed by atoms with Crippen molar-refractivity contribution in [2.75, 3.05) is 5.32 Å². The van der Waals surface area contributed by atoms with Crippen LogP contribution in [0.2, 0.25) is 0 Å². The van der Waals surface area contributed by atoms with Crippen LogP contribution in [0.4, 0.5) is 32.0 Å². The summed E-state index contributed by atoms with van der Waals surface area (Å²) in [5, 5.41) is 2.32. The fraction of sp³-hybridized carbons (Fsp3) is 0.143. The molecule has 1 heterocycles. The maximum Gasteiger partial charge on any atom is 0.573 e. The van der Waals surface area contributed by atoms with Crippen LogP contribution in [0.3, 0.4) is 0 Å². The Morgan fingerprint density at radius 3 is 2.16 bits per heavy atom. The molecular formula is C14H7BrF6N2O2. The lowest BCUT2D eigenvalue weighted by Gasteiger charge is -2.11. The number of hydrogen-bond acceptors (Lipinski definition) is 3. The number of carbonyl (C=O) groups excluding carboxylic acids is 1. The molecule has 0 radical (unpaired) electrons. The van der Waals surface area contributed by atoms with Crippen LogP contribution in [-0.4, -0.2) is 17.3 Å². The fourth-order valence-electron chi connectivity index (χ4n) is 1.71. The molecule has 25 heavy (non-hydrogen) atoms. The normalized spacial score (nSPS) is 12.0. The molecule has 0 unspecified atom stereocenters. The van der Waals surface area contributed by atoms with Crippen molar-refractivity contribution in [2.24, 2.45) is 0 Å². The van der Waals surface area contributed by atoms with E-state index in [-0.39, 0.29) is 11.3 Å². The lowest BCUT2D eigenvalue weighted by Crippen LogP contribution is -2.17. The molecule has 0 aliphatic carbocycles. The molecule has 0 aliphatic rings. The van der Waals surface area contributed by atoms with Gasteiger partial charge < -0.3 is 10.1 Å². The largest absolute Gasteiger partial charge is 0.573 e. The molecule has 134 valence electrons. The van der Waals surface area contributed by atoms with Gasteiger partial charge in [0.05, 0.1) is 5.56 Å². The van der Waals surface area contributed by atoms with Crippen LogP contribution in [-0.2, 0) is 6.18 Å². The van der Waals surface area contributed by atoms with Crippen molar-refractivity contribution in [1.29, 1.82) is 0 Å². The summed E-state index contributed by atoms with van der Waals surface area (Å²) in [6.45, 7) is 0. The quantitative estimate of drug-likeness (QED) is 0.698. The van der Waals surface area contributed by atoms with E-state index in [1.54, 1.807) is 0 Å². The topological polar surface area (TPSA) is 51.2 Å². The Bertz CT molecular complexity index is 774. The summed E-state index contributed by atoms with van der Waals surface area (Å²) in [7, 11) is 0. The highest BCUT2D eigenvalue weighted by molar-refractivity contribution is 9.10. The van der Waals surface area contributed by atoms with Crippen LogP contribution in [0.15, 0.2) is 41.0 Å². The molecule has 0 aliphatic heterocycles. The number of halogens is 7. The van der Waals surface area contributed by atoms with Crippen LogP contribution >= 0.6 is 15.9 Å². The van der Waals surface area contributed by atoms with Crippen molar-refractivity contribution in [3.63, 3.8) is 0 Å². The SMILES string of the molecule is O=C(Nc1ccc(OC(F)(F)F)cc1)c1cnc(C(F)(F)F)c(Br)c1. The van der Waals surface area contributed by atoms with E-state index in [0.717, 1.165) is 36.5 Å². The van der Waals surface area contributed by atoms with Gasteiger partial charge in [-0.05, 0) is 46.3 Å². The predicted molar refractivity (Wildman–Crippen MR) is 78.0 cm³/mol. The number of amides is 1. The highest BCUT2D eigenvalue weighted by atomic mass is 79.9. The summed E-state index contributed by atoms with van der Waals surface area (Å²) in [6.07, 6.45) is -8.78. The summed E-state index contributed by atoms with van der Waals surface area (Å²) in [6, 6.07) is 5.18. The number of nitrogens with one attached hydrogen (secondary N) is 1. The Morgan fingerprint density at radius 1 is 1.08 bits per heavy atom. The first-order chi connectivity index (χ1) is 11.5. The van der Waals surface area contributed by atoms with E-state index in [9.17, 15) is 31.1 Å². The van der Waals surface area contributed by atoms with Gasteiger partial charge in [-0.15, -0.1) is 13.2 Å². The van der Waals surface area contributed by atoms with E-state index in [0.29, 0.717) is 0 Å². The van der Waals surface area contributed by atoms with Gasteiger partial charge in [0.25, 0.3) is 5.91 Å². The van der Waals surface area contributed by atoms with Gasteiger partial charge in [0.15, 0.2) is 5.69 Å². The first-order valence-corrected chi connectivity index (χ1v) is 7.15. The van der Waals surface area contributed by atoms with E-state index in [4.69, 9.17) is 0 Å². The van der Waals surface area contributed by atoms with Gasteiger partial charge in [0.1, 0.15) is 5.75 Å². The number of hydrogen-bond donors (Lipinski definition) is 1. The van der Waals surface area contributed by atoms with Crippen LogP contribution < -0.4 is 10.1 Å². The molecule has 11 heteroatoms. The highest BCUT2D eigenvalue weighted by Crippen LogP contribution is 2.33. The van der Waals surface area contributed by atoms with E-state index in [2.05, 4.69) is 31.0 Å². The van der Waals surface area contributed by atoms with Gasteiger partial charge in [0, 0.05) is 16.4 Å². The summed E-state index contributed by atoms with van der Waals surface area (Å²) in [5.41, 5.74) is -1.23. The second-order valence-electron chi connectivity index (χ2n) is 4.58. The van der Waals surface area contributed by atoms with Crippen LogP contribution in [0.5, 0.6) is 5.75 Å². The molecule has 1 aromatic carbocycles. The minimum atomic E-state index is -4.84. The molecule has 0 spiro atoms. The van der Waals surface area contributed by atoms with Crippen molar-refractivity contribution >= 4 is 27.5 Å². The Morgan fingerprint density at radius 2 is 1.68 bits per heavy atom. The Balaban J connectivity index is 2.11. The molecule has 4 nitrogen and oxygen atoms in total. The van der Waals surface area contributed by atoms with Crippen LogP contribution in [0, 0.1) is 0 Å². The number of anilines is 1. The number of benzene rings is 1. The maximum absolute atomic E-state index is 12.6. The predicted octanol–water partition coefficient (Wildman–Crippen LogP) is 5.01. The van der Waals surface area contributed by atoms with Crippen molar-refractivity contribution in [3.8, 4) is 5.75 Å². The standard InChI is InChI=1S/C14H7BrF6N2O2/c15-10-5-7(6-22-11(10)13(16,17)18)12(24)23-8-1-3-9(4-2-8)25-14(19,20)21/h1-6H,(H,23,24). The summed E-state index contributed by atoms with van der Waals surface area (Å²) >= 11 is 2.69. The Kier molecular flexibility index (Phi) is 5.26. The molecule has 1 N–H and O–H groups in total. The van der Waals surface area contributed by atoms with E-state index in [1.165, 1.54) is 0 Å². The third kappa shape index (κ3) is 5.34. The monoisotopic (exact) mass is 428 g/mol. The van der Waals surface area contributed by atoms with E-state index < -0.39 is 34.4 Å². The maximum atomic E-state index is 12.6. The third-order valence-corrected chi connectivity index (χ3v) is 3.32. The van der Waals surface area contributed by atoms with Crippen molar-refractivity contribution in [1.82, 2.24) is 4.98 Å². The molecule has 0 saturated carbocycles. The number of pyridine rings is 1. The molecule has 2 rings (SSSR count). The van der Waals surface area contributed by atoms with E-state index >= 15 is 0 Å². The summed E-state index contributed by atoms with van der Waals surface area (Å²) in [5.74, 6) is -1.27. The lowest BCUT2D eigenvalue weighted by molar-refractivity contribution is -0.274. The summed E-state index contributed by atoms with van der Waals surface area (Å²) in [4.78, 5) is 15.2. The van der Waals surface area contributed by atoms with Gasteiger partial charge in [-0.3, -0.25) is 4.79 Å². The number of rotatable bonds is 3. The number of carbonyl (C=O) groups is 1. The van der Waals surface area contributed by atoms with Crippen molar-refractivity contribution < 1.29 is 35.9 Å². The zero-order chi connectivity index (χ0) is 18.8. The Labute approximate surface area is 144 Å². The van der Waals surface area contributed by atoms with Gasteiger partial charge in [0.2, 0.25) is 0 Å². The molecule has 0 saturated heterocycles. The van der Waals surface area contributed by atoms with Gasteiger partial charge in [-0.2, -0.15) is 13.2 Å². The highest BCUT2D eigenvalue weighted by Gasteiger charge is 2.35. The average Bonchev–Trinajstić information content (AvgIpc) is 2.46. The Hall–Kier alpha value is -2.30. The number of nitrogens with zero attached hydrogens (tertiary/aromatic N) is 1. The number of ether oxygens (including phenoxy) is 1. The molecule has 0 bridgehead atoms. The molecule has 1 amide bonds.